The van der Waals surface area contributed by atoms with Crippen LogP contribution in [0.3, 0.4) is 0 Å². The summed E-state index contributed by atoms with van der Waals surface area (Å²) in [6, 6.07) is 0. The third-order valence-electron chi connectivity index (χ3n) is 5.22. The van der Waals surface area contributed by atoms with Gasteiger partial charge in [-0.3, -0.25) is 19.6 Å². The molecule has 4 N–H and O–H groups in total. The minimum absolute atomic E-state index is 0.00267. The lowest BCUT2D eigenvalue weighted by Gasteiger charge is -2.22. The number of hydrogen-bond donors (Lipinski definition) is 4. The number of nitrogens with zero attached hydrogens (tertiary/aromatic N) is 1. The van der Waals surface area contributed by atoms with Crippen molar-refractivity contribution in [2.24, 2.45) is 5.92 Å². The zero-order valence-corrected chi connectivity index (χ0v) is 16.2. The van der Waals surface area contributed by atoms with Crippen LogP contribution in [0, 0.1) is 12.8 Å². The van der Waals surface area contributed by atoms with Gasteiger partial charge in [-0.15, -0.1) is 0 Å². The molecule has 0 radical (unpaired) electrons. The van der Waals surface area contributed by atoms with Crippen LogP contribution in [0.25, 0.3) is 0 Å². The molecule has 0 saturated heterocycles. The van der Waals surface area contributed by atoms with E-state index in [2.05, 4.69) is 10.3 Å². The number of carbonyl (C=O) groups is 3. The molecule has 156 valence electrons. The van der Waals surface area contributed by atoms with Crippen LogP contribution in [0.4, 0.5) is 0 Å². The first-order valence-corrected chi connectivity index (χ1v) is 9.81. The van der Waals surface area contributed by atoms with Crippen molar-refractivity contribution < 1.29 is 29.1 Å². The Morgan fingerprint density at radius 3 is 2.61 bits per heavy atom. The second kappa shape index (κ2) is 10.8. The highest BCUT2D eigenvalue weighted by Crippen LogP contribution is 2.31. The number of hydrogen-bond acceptors (Lipinski definition) is 6. The fourth-order valence-electron chi connectivity index (χ4n) is 3.75. The summed E-state index contributed by atoms with van der Waals surface area (Å²) >= 11 is 0. The van der Waals surface area contributed by atoms with E-state index < -0.39 is 24.3 Å². The molecule has 0 unspecified atom stereocenters. The summed E-state index contributed by atoms with van der Waals surface area (Å²) in [6.07, 6.45) is 8.96. The Bertz CT molecular complexity index is 681. The van der Waals surface area contributed by atoms with Crippen LogP contribution in [0.15, 0.2) is 4.42 Å². The van der Waals surface area contributed by atoms with Crippen LogP contribution >= 0.6 is 0 Å². The topological polar surface area (TPSA) is 142 Å². The Morgan fingerprint density at radius 2 is 1.96 bits per heavy atom. The Balaban J connectivity index is 2.02. The first-order chi connectivity index (χ1) is 13.4. The highest BCUT2D eigenvalue weighted by Gasteiger charge is 2.25. The van der Waals surface area contributed by atoms with Gasteiger partial charge in [-0.05, 0) is 19.3 Å². The van der Waals surface area contributed by atoms with E-state index in [9.17, 15) is 14.4 Å². The molecule has 9 nitrogen and oxygen atoms in total. The average molecular weight is 395 g/mol. The van der Waals surface area contributed by atoms with Crippen molar-refractivity contribution in [1.29, 1.82) is 0 Å². The van der Waals surface area contributed by atoms with Gasteiger partial charge in [0.05, 0.1) is 0 Å². The minimum Gasteiger partial charge on any atom is -0.480 e. The van der Waals surface area contributed by atoms with Crippen LogP contribution in [-0.2, 0) is 9.59 Å². The first-order valence-electron chi connectivity index (χ1n) is 9.81. The number of carboxylic acid groups (broad SMARTS) is 1. The lowest BCUT2D eigenvalue weighted by Crippen LogP contribution is -2.30. The summed E-state index contributed by atoms with van der Waals surface area (Å²) in [6.45, 7) is 1.05. The molecule has 0 aromatic carbocycles. The summed E-state index contributed by atoms with van der Waals surface area (Å²) in [5.74, 6) is -1.47. The standard InChI is InChI=1S/C19H29N3O6/c1-12-17(18(26)20-11-16(24)25)21-19(28-12)14(10-15(23)22-27)9-5-8-13-6-3-2-4-7-13/h13-14,27H,2-11H2,1H3,(H,20,26)(H,22,23)(H,24,25)/t14-/m1/s1. The van der Waals surface area contributed by atoms with Gasteiger partial charge >= 0.3 is 5.97 Å². The van der Waals surface area contributed by atoms with E-state index >= 15 is 0 Å². The maximum absolute atomic E-state index is 12.1. The van der Waals surface area contributed by atoms with E-state index in [0.29, 0.717) is 12.3 Å². The SMILES string of the molecule is Cc1oc([C@H](CCCC2CCCCC2)CC(=O)NO)nc1C(=O)NCC(=O)O. The van der Waals surface area contributed by atoms with Crippen molar-refractivity contribution in [3.05, 3.63) is 17.3 Å². The second-order valence-corrected chi connectivity index (χ2v) is 7.40. The van der Waals surface area contributed by atoms with Crippen LogP contribution in [0.5, 0.6) is 0 Å². The predicted molar refractivity (Wildman–Crippen MR) is 98.9 cm³/mol. The maximum atomic E-state index is 12.1. The quantitative estimate of drug-likeness (QED) is 0.352. The monoisotopic (exact) mass is 395 g/mol. The highest BCUT2D eigenvalue weighted by molar-refractivity contribution is 5.94. The van der Waals surface area contributed by atoms with Crippen molar-refractivity contribution in [3.8, 4) is 0 Å². The normalized spacial score (nSPS) is 15.8. The first kappa shape index (κ1) is 21.9. The molecule has 1 aromatic heterocycles. The van der Waals surface area contributed by atoms with Gasteiger partial charge in [-0.25, -0.2) is 10.5 Å². The van der Waals surface area contributed by atoms with Crippen molar-refractivity contribution in [3.63, 3.8) is 0 Å². The fraction of sp³-hybridized carbons (Fsp3) is 0.684. The molecule has 0 spiro atoms. The number of hydroxylamine groups is 1. The Hall–Kier alpha value is -2.42. The van der Waals surface area contributed by atoms with E-state index in [4.69, 9.17) is 14.7 Å². The van der Waals surface area contributed by atoms with Gasteiger partial charge < -0.3 is 14.8 Å². The van der Waals surface area contributed by atoms with Crippen LogP contribution in [-0.4, -0.2) is 39.6 Å². The number of amides is 2. The van der Waals surface area contributed by atoms with Crippen molar-refractivity contribution in [1.82, 2.24) is 15.8 Å². The van der Waals surface area contributed by atoms with Gasteiger partial charge in [0, 0.05) is 12.3 Å². The maximum Gasteiger partial charge on any atom is 0.322 e. The third-order valence-corrected chi connectivity index (χ3v) is 5.22. The largest absolute Gasteiger partial charge is 0.480 e. The lowest BCUT2D eigenvalue weighted by atomic mass is 9.84. The van der Waals surface area contributed by atoms with Crippen LogP contribution in [0.2, 0.25) is 0 Å². The van der Waals surface area contributed by atoms with Gasteiger partial charge in [-0.2, -0.15) is 0 Å². The molecule has 1 fully saturated rings. The van der Waals surface area contributed by atoms with E-state index in [1.807, 2.05) is 0 Å². The van der Waals surface area contributed by atoms with Gasteiger partial charge in [0.15, 0.2) is 11.6 Å². The second-order valence-electron chi connectivity index (χ2n) is 7.40. The number of nitrogens with one attached hydrogen (secondary N) is 2. The number of aryl methyl sites for hydroxylation is 1. The van der Waals surface area contributed by atoms with Gasteiger partial charge in [0.2, 0.25) is 5.91 Å². The molecule has 1 aromatic rings. The molecule has 1 aliphatic rings. The molecule has 2 amide bonds. The van der Waals surface area contributed by atoms with E-state index in [0.717, 1.165) is 12.8 Å². The summed E-state index contributed by atoms with van der Waals surface area (Å²) < 4.78 is 5.61. The van der Waals surface area contributed by atoms with E-state index in [-0.39, 0.29) is 29.7 Å². The molecule has 28 heavy (non-hydrogen) atoms. The zero-order valence-electron chi connectivity index (χ0n) is 16.2. The molecule has 1 atom stereocenters. The predicted octanol–water partition coefficient (Wildman–Crippen LogP) is 2.53. The summed E-state index contributed by atoms with van der Waals surface area (Å²) in [5, 5.41) is 19.8. The third kappa shape index (κ3) is 6.63. The Labute approximate surface area is 163 Å². The minimum atomic E-state index is -1.16. The van der Waals surface area contributed by atoms with Crippen LogP contribution < -0.4 is 10.8 Å². The van der Waals surface area contributed by atoms with Crippen LogP contribution in [0.1, 0.15) is 85.8 Å². The van der Waals surface area contributed by atoms with Crippen molar-refractivity contribution in [2.45, 2.75) is 70.6 Å². The zero-order chi connectivity index (χ0) is 20.5. The highest BCUT2D eigenvalue weighted by atomic mass is 16.5. The molecule has 1 saturated carbocycles. The summed E-state index contributed by atoms with van der Waals surface area (Å²) in [7, 11) is 0. The smallest absolute Gasteiger partial charge is 0.322 e. The fourth-order valence-corrected chi connectivity index (χ4v) is 3.75. The summed E-state index contributed by atoms with van der Waals surface area (Å²) in [5.41, 5.74) is 1.64. The number of aliphatic carboxylic acids is 1. The molecule has 1 heterocycles. The number of carboxylic acids is 1. The molecular formula is C19H29N3O6. The molecule has 0 aliphatic heterocycles. The van der Waals surface area contributed by atoms with Gasteiger partial charge in [-0.1, -0.05) is 44.9 Å². The molecular weight excluding hydrogens is 366 g/mol. The molecule has 1 aliphatic carbocycles. The lowest BCUT2D eigenvalue weighted by molar-refractivity contribution is -0.135. The van der Waals surface area contributed by atoms with E-state index in [1.54, 1.807) is 12.4 Å². The van der Waals surface area contributed by atoms with E-state index in [1.165, 1.54) is 32.1 Å². The molecule has 2 rings (SSSR count). The number of oxazole rings is 1. The Kier molecular flexibility index (Phi) is 8.43. The van der Waals surface area contributed by atoms with Crippen molar-refractivity contribution in [2.75, 3.05) is 6.54 Å². The van der Waals surface area contributed by atoms with Crippen molar-refractivity contribution >= 4 is 17.8 Å². The van der Waals surface area contributed by atoms with Gasteiger partial charge in [0.25, 0.3) is 5.91 Å². The average Bonchev–Trinajstić information content (AvgIpc) is 3.07. The number of aromatic nitrogens is 1. The Morgan fingerprint density at radius 1 is 1.25 bits per heavy atom. The summed E-state index contributed by atoms with van der Waals surface area (Å²) in [4.78, 5) is 38.6. The van der Waals surface area contributed by atoms with Gasteiger partial charge in [0.1, 0.15) is 12.3 Å². The molecule has 0 bridgehead atoms. The molecule has 9 heteroatoms. The number of carbonyl (C=O) groups excluding carboxylic acids is 2. The number of rotatable bonds is 10.